The smallest absolute Gasteiger partial charge is 0.213 e. The molecule has 2 N–H and O–H groups in total. The molecule has 4 heteroatoms. The second-order valence-corrected chi connectivity index (χ2v) is 5.20. The normalized spacial score (nSPS) is 27.4. The lowest BCUT2D eigenvalue weighted by Crippen LogP contribution is -2.38. The Morgan fingerprint density at radius 3 is 2.94 bits per heavy atom. The molecule has 0 amide bonds. The molecule has 1 saturated carbocycles. The van der Waals surface area contributed by atoms with E-state index in [-0.39, 0.29) is 5.60 Å². The van der Waals surface area contributed by atoms with E-state index in [4.69, 9.17) is 15.2 Å². The monoisotopic (exact) mass is 250 g/mol. The summed E-state index contributed by atoms with van der Waals surface area (Å²) >= 11 is 0. The van der Waals surface area contributed by atoms with Crippen molar-refractivity contribution >= 4 is 0 Å². The first-order chi connectivity index (χ1) is 8.67. The van der Waals surface area contributed by atoms with Gasteiger partial charge in [-0.15, -0.1) is 0 Å². The first kappa shape index (κ1) is 13.3. The number of aromatic nitrogens is 1. The van der Waals surface area contributed by atoms with Crippen molar-refractivity contribution in [2.45, 2.75) is 38.4 Å². The van der Waals surface area contributed by atoms with Crippen molar-refractivity contribution in [2.75, 3.05) is 13.7 Å². The van der Waals surface area contributed by atoms with Crippen molar-refractivity contribution in [3.05, 3.63) is 23.9 Å². The lowest BCUT2D eigenvalue weighted by atomic mass is 10.0. The van der Waals surface area contributed by atoms with Gasteiger partial charge in [0.25, 0.3) is 0 Å². The summed E-state index contributed by atoms with van der Waals surface area (Å²) in [6, 6.07) is 5.71. The minimum atomic E-state index is -0.149. The molecule has 0 bridgehead atoms. The summed E-state index contributed by atoms with van der Waals surface area (Å²) in [4.78, 5) is 4.35. The number of ether oxygens (including phenoxy) is 2. The SMILES string of the molecule is COc1cccc(COC2(CN)CCC(C)C2)n1. The molecule has 0 saturated heterocycles. The molecule has 2 rings (SSSR count). The largest absolute Gasteiger partial charge is 0.481 e. The fraction of sp³-hybridized carbons (Fsp3) is 0.643. The number of methoxy groups -OCH3 is 1. The van der Waals surface area contributed by atoms with Crippen LogP contribution in [0.3, 0.4) is 0 Å². The van der Waals surface area contributed by atoms with E-state index < -0.39 is 0 Å². The van der Waals surface area contributed by atoms with Gasteiger partial charge in [-0.3, -0.25) is 0 Å². The Morgan fingerprint density at radius 2 is 2.33 bits per heavy atom. The highest BCUT2D eigenvalue weighted by Gasteiger charge is 2.37. The van der Waals surface area contributed by atoms with Crippen LogP contribution in [-0.2, 0) is 11.3 Å². The van der Waals surface area contributed by atoms with Crippen LogP contribution in [0.5, 0.6) is 5.88 Å². The van der Waals surface area contributed by atoms with Gasteiger partial charge >= 0.3 is 0 Å². The number of nitrogens with zero attached hydrogens (tertiary/aromatic N) is 1. The highest BCUT2D eigenvalue weighted by Crippen LogP contribution is 2.37. The zero-order valence-corrected chi connectivity index (χ0v) is 11.2. The third-order valence-corrected chi connectivity index (χ3v) is 3.70. The molecule has 100 valence electrons. The van der Waals surface area contributed by atoms with Crippen molar-refractivity contribution in [3.8, 4) is 5.88 Å². The molecule has 1 aromatic rings. The quantitative estimate of drug-likeness (QED) is 0.869. The molecule has 0 aromatic carbocycles. The zero-order valence-electron chi connectivity index (χ0n) is 11.2. The van der Waals surface area contributed by atoms with Gasteiger partial charge in [0.1, 0.15) is 0 Å². The van der Waals surface area contributed by atoms with Gasteiger partial charge in [-0.05, 0) is 31.2 Å². The molecule has 2 atom stereocenters. The van der Waals surface area contributed by atoms with Gasteiger partial charge in [-0.2, -0.15) is 0 Å². The zero-order chi connectivity index (χ0) is 13.0. The molecule has 1 aliphatic rings. The highest BCUT2D eigenvalue weighted by atomic mass is 16.5. The maximum atomic E-state index is 6.05. The van der Waals surface area contributed by atoms with E-state index in [1.54, 1.807) is 7.11 Å². The molecule has 1 aromatic heterocycles. The summed E-state index contributed by atoms with van der Waals surface area (Å²) in [5.41, 5.74) is 6.62. The van der Waals surface area contributed by atoms with Crippen LogP contribution in [0.2, 0.25) is 0 Å². The van der Waals surface area contributed by atoms with Crippen molar-refractivity contribution in [1.82, 2.24) is 4.98 Å². The topological polar surface area (TPSA) is 57.4 Å². The van der Waals surface area contributed by atoms with Crippen LogP contribution in [0.25, 0.3) is 0 Å². The molecule has 0 radical (unpaired) electrons. The number of rotatable bonds is 5. The van der Waals surface area contributed by atoms with Gasteiger partial charge in [-0.1, -0.05) is 13.0 Å². The number of hydrogen-bond donors (Lipinski definition) is 1. The van der Waals surface area contributed by atoms with E-state index in [0.717, 1.165) is 18.5 Å². The van der Waals surface area contributed by atoms with Gasteiger partial charge in [0.15, 0.2) is 0 Å². The van der Waals surface area contributed by atoms with Crippen molar-refractivity contribution in [1.29, 1.82) is 0 Å². The Balaban J connectivity index is 1.97. The number of nitrogens with two attached hydrogens (primary N) is 1. The Kier molecular flexibility index (Phi) is 4.19. The molecular formula is C14H22N2O2. The van der Waals surface area contributed by atoms with E-state index in [1.165, 1.54) is 6.42 Å². The van der Waals surface area contributed by atoms with Crippen LogP contribution in [0.1, 0.15) is 31.9 Å². The lowest BCUT2D eigenvalue weighted by Gasteiger charge is -2.28. The number of pyridine rings is 1. The molecule has 1 fully saturated rings. The van der Waals surface area contributed by atoms with Gasteiger partial charge in [0, 0.05) is 12.6 Å². The number of hydrogen-bond acceptors (Lipinski definition) is 4. The molecule has 4 nitrogen and oxygen atoms in total. The van der Waals surface area contributed by atoms with Gasteiger partial charge in [-0.25, -0.2) is 4.98 Å². The maximum absolute atomic E-state index is 6.05. The van der Waals surface area contributed by atoms with Crippen LogP contribution < -0.4 is 10.5 Å². The second kappa shape index (κ2) is 5.67. The Labute approximate surface area is 108 Å². The summed E-state index contributed by atoms with van der Waals surface area (Å²) in [5.74, 6) is 1.32. The van der Waals surface area contributed by atoms with Crippen molar-refractivity contribution < 1.29 is 9.47 Å². The first-order valence-electron chi connectivity index (χ1n) is 6.51. The van der Waals surface area contributed by atoms with Gasteiger partial charge in [0.05, 0.1) is 25.0 Å². The lowest BCUT2D eigenvalue weighted by molar-refractivity contribution is -0.0485. The van der Waals surface area contributed by atoms with Gasteiger partial charge < -0.3 is 15.2 Å². The average molecular weight is 250 g/mol. The molecule has 2 unspecified atom stereocenters. The minimum Gasteiger partial charge on any atom is -0.481 e. The molecule has 0 spiro atoms. The van der Waals surface area contributed by atoms with E-state index in [9.17, 15) is 0 Å². The van der Waals surface area contributed by atoms with Gasteiger partial charge in [0.2, 0.25) is 5.88 Å². The van der Waals surface area contributed by atoms with E-state index in [0.29, 0.717) is 24.9 Å². The van der Waals surface area contributed by atoms with E-state index in [2.05, 4.69) is 11.9 Å². The predicted octanol–water partition coefficient (Wildman–Crippen LogP) is 2.12. The van der Waals surface area contributed by atoms with Crippen molar-refractivity contribution in [2.24, 2.45) is 11.7 Å². The fourth-order valence-electron chi connectivity index (χ4n) is 2.60. The third-order valence-electron chi connectivity index (χ3n) is 3.70. The Hall–Kier alpha value is -1.13. The maximum Gasteiger partial charge on any atom is 0.213 e. The van der Waals surface area contributed by atoms with Crippen LogP contribution in [0.15, 0.2) is 18.2 Å². The molecular weight excluding hydrogens is 228 g/mol. The van der Waals surface area contributed by atoms with Crippen molar-refractivity contribution in [3.63, 3.8) is 0 Å². The highest BCUT2D eigenvalue weighted by molar-refractivity contribution is 5.15. The van der Waals surface area contributed by atoms with E-state index in [1.807, 2.05) is 18.2 Å². The summed E-state index contributed by atoms with van der Waals surface area (Å²) in [5, 5.41) is 0. The van der Waals surface area contributed by atoms with E-state index >= 15 is 0 Å². The molecule has 1 aliphatic carbocycles. The summed E-state index contributed by atoms with van der Waals surface area (Å²) in [6.07, 6.45) is 3.30. The molecule has 18 heavy (non-hydrogen) atoms. The van der Waals surface area contributed by atoms with Crippen LogP contribution >= 0.6 is 0 Å². The molecule has 1 heterocycles. The summed E-state index contributed by atoms with van der Waals surface area (Å²) in [6.45, 7) is 3.34. The second-order valence-electron chi connectivity index (χ2n) is 5.20. The minimum absolute atomic E-state index is 0.149. The summed E-state index contributed by atoms with van der Waals surface area (Å²) < 4.78 is 11.2. The first-order valence-corrected chi connectivity index (χ1v) is 6.51. The average Bonchev–Trinajstić information content (AvgIpc) is 2.79. The fourth-order valence-corrected chi connectivity index (χ4v) is 2.60. The third kappa shape index (κ3) is 3.00. The van der Waals surface area contributed by atoms with Crippen LogP contribution in [0.4, 0.5) is 0 Å². The Morgan fingerprint density at radius 1 is 1.50 bits per heavy atom. The predicted molar refractivity (Wildman–Crippen MR) is 70.4 cm³/mol. The van der Waals surface area contributed by atoms with Crippen LogP contribution in [-0.4, -0.2) is 24.2 Å². The molecule has 0 aliphatic heterocycles. The standard InChI is InChI=1S/C14H22N2O2/c1-11-6-7-14(8-11,10-15)18-9-12-4-3-5-13(16-12)17-2/h3-5,11H,6-10,15H2,1-2H3. The van der Waals surface area contributed by atoms with Crippen LogP contribution in [0, 0.1) is 5.92 Å². The summed E-state index contributed by atoms with van der Waals surface area (Å²) in [7, 11) is 1.62. The Bertz CT molecular complexity index is 397.